The van der Waals surface area contributed by atoms with E-state index in [2.05, 4.69) is 21.1 Å². The van der Waals surface area contributed by atoms with Crippen LogP contribution in [0.1, 0.15) is 35.0 Å². The number of carbonyl (C=O) groups excluding carboxylic acids is 1. The molecule has 0 amide bonds. The van der Waals surface area contributed by atoms with Crippen molar-refractivity contribution in [1.29, 1.82) is 0 Å². The second kappa shape index (κ2) is 7.58. The number of ether oxygens (including phenoxy) is 1. The molecular weight excluding hydrogens is 368 g/mol. The lowest BCUT2D eigenvalue weighted by Gasteiger charge is -2.30. The van der Waals surface area contributed by atoms with E-state index < -0.39 is 0 Å². The molecule has 2 aromatic heterocycles. The van der Waals surface area contributed by atoms with Crippen LogP contribution in [0.4, 0.5) is 5.69 Å². The summed E-state index contributed by atoms with van der Waals surface area (Å²) < 4.78 is 7.03. The maximum Gasteiger partial charge on any atom is 0.341 e. The van der Waals surface area contributed by atoms with Gasteiger partial charge in [-0.25, -0.2) is 9.78 Å². The zero-order valence-corrected chi connectivity index (χ0v) is 16.8. The molecule has 1 N–H and O–H groups in total. The largest absolute Gasteiger partial charge is 0.508 e. The van der Waals surface area contributed by atoms with Gasteiger partial charge >= 0.3 is 5.97 Å². The molecule has 3 heterocycles. The Kier molecular flexibility index (Phi) is 4.96. The summed E-state index contributed by atoms with van der Waals surface area (Å²) in [5.74, 6) is -0.106. The van der Waals surface area contributed by atoms with Crippen molar-refractivity contribution in [3.63, 3.8) is 0 Å². The molecule has 0 radical (unpaired) electrons. The molecule has 0 spiro atoms. The normalized spacial score (nSPS) is 14.2. The number of fused-ring (bicyclic) bond motifs is 1. The fraction of sp³-hybridized carbons (Fsp3) is 0.318. The van der Waals surface area contributed by atoms with Crippen molar-refractivity contribution in [2.24, 2.45) is 7.05 Å². The lowest BCUT2D eigenvalue weighted by Crippen LogP contribution is -2.30. The van der Waals surface area contributed by atoms with Gasteiger partial charge in [0.1, 0.15) is 11.3 Å². The maximum absolute atomic E-state index is 12.6. The van der Waals surface area contributed by atoms with Gasteiger partial charge in [0.2, 0.25) is 0 Å². The van der Waals surface area contributed by atoms with E-state index >= 15 is 0 Å². The van der Waals surface area contributed by atoms with Crippen LogP contribution in [0.25, 0.3) is 16.6 Å². The number of rotatable bonds is 4. The molecule has 7 heteroatoms. The van der Waals surface area contributed by atoms with Crippen LogP contribution in [-0.2, 0) is 11.8 Å². The fourth-order valence-electron chi connectivity index (χ4n) is 3.89. The number of hydrogen-bond acceptors (Lipinski definition) is 6. The minimum atomic E-state index is -0.367. The quantitative estimate of drug-likeness (QED) is 0.685. The lowest BCUT2D eigenvalue weighted by molar-refractivity contribution is 0.0527. The van der Waals surface area contributed by atoms with E-state index in [0.29, 0.717) is 18.7 Å². The number of phenolic OH excluding ortho intramolecular Hbond substituents is 1. The summed E-state index contributed by atoms with van der Waals surface area (Å²) in [6, 6.07) is 7.26. The number of aromatic hydroxyl groups is 1. The van der Waals surface area contributed by atoms with Crippen molar-refractivity contribution >= 4 is 28.3 Å². The highest BCUT2D eigenvalue weighted by molar-refractivity contribution is 6.05. The van der Waals surface area contributed by atoms with E-state index in [1.54, 1.807) is 29.9 Å². The van der Waals surface area contributed by atoms with Crippen LogP contribution < -0.4 is 4.90 Å². The molecule has 29 heavy (non-hydrogen) atoms. The van der Waals surface area contributed by atoms with E-state index in [9.17, 15) is 9.90 Å². The van der Waals surface area contributed by atoms with Crippen molar-refractivity contribution in [2.45, 2.75) is 20.3 Å². The molecule has 150 valence electrons. The number of anilines is 1. The van der Waals surface area contributed by atoms with Crippen molar-refractivity contribution in [2.75, 3.05) is 24.6 Å². The third-order valence-electron chi connectivity index (χ3n) is 5.26. The van der Waals surface area contributed by atoms with Crippen LogP contribution in [0.2, 0.25) is 0 Å². The summed E-state index contributed by atoms with van der Waals surface area (Å²) >= 11 is 0. The number of aromatic nitrogens is 3. The summed E-state index contributed by atoms with van der Waals surface area (Å²) in [5.41, 5.74) is 5.22. The Morgan fingerprint density at radius 2 is 2.03 bits per heavy atom. The highest BCUT2D eigenvalue weighted by atomic mass is 16.5. The van der Waals surface area contributed by atoms with Crippen molar-refractivity contribution in [3.05, 3.63) is 53.4 Å². The molecule has 0 unspecified atom stereocenters. The molecule has 0 atom stereocenters. The first-order valence-electron chi connectivity index (χ1n) is 9.72. The second-order valence-corrected chi connectivity index (χ2v) is 7.12. The van der Waals surface area contributed by atoms with E-state index in [0.717, 1.165) is 40.9 Å². The number of pyridine rings is 1. The topological polar surface area (TPSA) is 80.5 Å². The van der Waals surface area contributed by atoms with Gasteiger partial charge in [0.15, 0.2) is 5.65 Å². The van der Waals surface area contributed by atoms with Gasteiger partial charge in [0.25, 0.3) is 0 Å². The fourth-order valence-corrected chi connectivity index (χ4v) is 3.89. The van der Waals surface area contributed by atoms with E-state index in [-0.39, 0.29) is 11.7 Å². The number of nitrogens with zero attached hydrogens (tertiary/aromatic N) is 4. The highest BCUT2D eigenvalue weighted by Crippen LogP contribution is 2.35. The summed E-state index contributed by atoms with van der Waals surface area (Å²) in [4.78, 5) is 19.3. The maximum atomic E-state index is 12.6. The molecule has 4 rings (SSSR count). The zero-order chi connectivity index (χ0) is 20.5. The van der Waals surface area contributed by atoms with Crippen LogP contribution in [0.15, 0.2) is 36.5 Å². The van der Waals surface area contributed by atoms with Gasteiger partial charge in [0, 0.05) is 26.3 Å². The third-order valence-corrected chi connectivity index (χ3v) is 5.26. The van der Waals surface area contributed by atoms with Gasteiger partial charge in [-0.1, -0.05) is 18.2 Å². The molecule has 0 bridgehead atoms. The Morgan fingerprint density at radius 1 is 1.28 bits per heavy atom. The number of aryl methyl sites for hydroxylation is 2. The minimum Gasteiger partial charge on any atom is -0.508 e. The number of hydrogen-bond donors (Lipinski definition) is 1. The van der Waals surface area contributed by atoms with Gasteiger partial charge in [-0.3, -0.25) is 4.68 Å². The van der Waals surface area contributed by atoms with Crippen LogP contribution in [0.3, 0.4) is 0 Å². The molecule has 1 aliphatic rings. The zero-order valence-electron chi connectivity index (χ0n) is 16.8. The van der Waals surface area contributed by atoms with Crippen molar-refractivity contribution < 1.29 is 14.6 Å². The minimum absolute atomic E-state index is 0.261. The first-order valence-corrected chi connectivity index (χ1v) is 9.72. The molecular formula is C22H24N4O3. The summed E-state index contributed by atoms with van der Waals surface area (Å²) in [6.07, 6.45) is 4.59. The Hall–Kier alpha value is -3.35. The summed E-state index contributed by atoms with van der Waals surface area (Å²) in [6.45, 7) is 5.46. The molecule has 0 saturated heterocycles. The first-order chi connectivity index (χ1) is 14.0. The van der Waals surface area contributed by atoms with Gasteiger partial charge in [-0.05, 0) is 43.5 Å². The van der Waals surface area contributed by atoms with Gasteiger partial charge < -0.3 is 14.7 Å². The Bertz CT molecular complexity index is 1100. The van der Waals surface area contributed by atoms with Crippen molar-refractivity contribution in [3.8, 4) is 5.75 Å². The number of carbonyl (C=O) groups is 1. The molecule has 1 aliphatic heterocycles. The molecule has 7 nitrogen and oxygen atoms in total. The summed E-state index contributed by atoms with van der Waals surface area (Å²) in [5, 5.41) is 14.9. The number of benzene rings is 1. The van der Waals surface area contributed by atoms with E-state index in [4.69, 9.17) is 4.74 Å². The highest BCUT2D eigenvalue weighted by Gasteiger charge is 2.26. The van der Waals surface area contributed by atoms with Crippen LogP contribution in [-0.4, -0.2) is 45.5 Å². The predicted octanol–water partition coefficient (Wildman–Crippen LogP) is 3.45. The predicted molar refractivity (Wildman–Crippen MR) is 112 cm³/mol. The van der Waals surface area contributed by atoms with Gasteiger partial charge in [-0.2, -0.15) is 5.10 Å². The molecule has 1 aromatic carbocycles. The average Bonchev–Trinajstić information content (AvgIpc) is 3.02. The van der Waals surface area contributed by atoms with Crippen LogP contribution >= 0.6 is 0 Å². The van der Waals surface area contributed by atoms with Crippen LogP contribution in [0.5, 0.6) is 5.75 Å². The molecule has 3 aromatic rings. The third kappa shape index (κ3) is 3.44. The van der Waals surface area contributed by atoms with Gasteiger partial charge in [0.05, 0.1) is 23.4 Å². The van der Waals surface area contributed by atoms with Crippen molar-refractivity contribution in [1.82, 2.24) is 14.8 Å². The Balaban J connectivity index is 1.76. The SMILES string of the molecule is CCOC(=O)c1cnc2c(c(C)nn2C)c1N1CC=C(c2ccc(O)cc2)CC1. The molecule has 0 fully saturated rings. The Morgan fingerprint density at radius 3 is 2.69 bits per heavy atom. The van der Waals surface area contributed by atoms with E-state index in [1.165, 1.54) is 5.57 Å². The standard InChI is InChI=1S/C22H24N4O3/c1-4-29-22(28)18-13-23-21-19(14(2)24-25(21)3)20(18)26-11-9-16(10-12-26)15-5-7-17(27)8-6-15/h5-9,13,27H,4,10-12H2,1-3H3. The first kappa shape index (κ1) is 19.0. The van der Waals surface area contributed by atoms with E-state index in [1.807, 2.05) is 26.1 Å². The molecule has 0 saturated carbocycles. The monoisotopic (exact) mass is 392 g/mol. The second-order valence-electron chi connectivity index (χ2n) is 7.12. The molecule has 0 aliphatic carbocycles. The summed E-state index contributed by atoms with van der Waals surface area (Å²) in [7, 11) is 1.86. The lowest BCUT2D eigenvalue weighted by atomic mass is 9.98. The number of esters is 1. The average molecular weight is 392 g/mol. The smallest absolute Gasteiger partial charge is 0.341 e. The van der Waals surface area contributed by atoms with Gasteiger partial charge in [-0.15, -0.1) is 0 Å². The number of phenols is 1. The van der Waals surface area contributed by atoms with Crippen LogP contribution in [0, 0.1) is 6.92 Å². The Labute approximate surface area is 169 Å².